The molecular weight excluding hydrogens is 494 g/mol. The fourth-order valence-corrected chi connectivity index (χ4v) is 4.17. The van der Waals surface area contributed by atoms with Crippen LogP contribution < -0.4 is 10.1 Å². The minimum Gasteiger partial charge on any atom is -0.450 e. The molecule has 0 unspecified atom stereocenters. The van der Waals surface area contributed by atoms with Gasteiger partial charge in [0.2, 0.25) is 5.88 Å². The Bertz CT molecular complexity index is 1540. The maximum Gasteiger partial charge on any atom is 0.503 e. The van der Waals surface area contributed by atoms with Crippen molar-refractivity contribution in [2.24, 2.45) is 0 Å². The number of anilines is 2. The number of nitrogens with zero attached hydrogens (tertiary/aromatic N) is 2. The second-order valence-electron chi connectivity index (χ2n) is 9.13. The Balaban J connectivity index is 0.000000723. The van der Waals surface area contributed by atoms with Crippen LogP contribution in [0.4, 0.5) is 16.3 Å². The van der Waals surface area contributed by atoms with Crippen LogP contribution in [0, 0.1) is 6.92 Å². The van der Waals surface area contributed by atoms with Crippen molar-refractivity contribution in [3.63, 3.8) is 0 Å². The lowest BCUT2D eigenvalue weighted by Gasteiger charge is -2.09. The van der Waals surface area contributed by atoms with Crippen molar-refractivity contribution < 1.29 is 24.3 Å². The molecule has 1 aliphatic carbocycles. The minimum absolute atomic E-state index is 0.508. The Kier molecular flexibility index (Phi) is 7.54. The summed E-state index contributed by atoms with van der Waals surface area (Å²) in [5.41, 5.74) is 6.33. The Labute approximate surface area is 225 Å². The van der Waals surface area contributed by atoms with Gasteiger partial charge < -0.3 is 24.8 Å². The molecule has 0 atom stereocenters. The highest BCUT2D eigenvalue weighted by Gasteiger charge is 2.23. The summed E-state index contributed by atoms with van der Waals surface area (Å²) < 4.78 is 11.6. The van der Waals surface area contributed by atoms with E-state index in [9.17, 15) is 0 Å². The van der Waals surface area contributed by atoms with Gasteiger partial charge in [-0.05, 0) is 60.6 Å². The molecule has 0 saturated heterocycles. The lowest BCUT2D eigenvalue weighted by atomic mass is 10.0. The van der Waals surface area contributed by atoms with Gasteiger partial charge in [0, 0.05) is 11.6 Å². The number of hydrogen-bond donors (Lipinski definition) is 3. The number of hydrogen-bond acceptors (Lipinski definition) is 6. The maximum atomic E-state index is 8.56. The van der Waals surface area contributed by atoms with Crippen molar-refractivity contribution in [1.29, 1.82) is 0 Å². The molecule has 0 spiro atoms. The summed E-state index contributed by atoms with van der Waals surface area (Å²) >= 11 is 0. The predicted octanol–water partition coefficient (Wildman–Crippen LogP) is 8.35. The molecule has 1 aliphatic rings. The van der Waals surface area contributed by atoms with Crippen LogP contribution >= 0.6 is 0 Å². The normalized spacial score (nSPS) is 12.2. The first-order chi connectivity index (χ1) is 19.0. The highest BCUT2D eigenvalue weighted by atomic mass is 16.6. The fraction of sp³-hybridized carbons (Fsp3) is 0.129. The smallest absolute Gasteiger partial charge is 0.450 e. The van der Waals surface area contributed by atoms with Gasteiger partial charge in [0.25, 0.3) is 0 Å². The molecule has 5 aromatic rings. The van der Waals surface area contributed by atoms with Gasteiger partial charge in [0.15, 0.2) is 5.76 Å². The summed E-state index contributed by atoms with van der Waals surface area (Å²) in [6.45, 7) is 1.91. The third kappa shape index (κ3) is 6.61. The van der Waals surface area contributed by atoms with Gasteiger partial charge in [-0.25, -0.2) is 4.79 Å². The standard InChI is InChI=1S/C30H25N3O2.CH2O3/c1-20-29(32-27-8-5-9-28(31-27)34-26-6-3-2-4-7-26)30(35-33-20)25-18-16-24(17-19-25)23-14-12-22(13-15-23)21-10-11-21;2-1(3)4/h2-9,12-19,21H,10-11H2,1H3,(H,31,32);(H2,2,3,4). The maximum absolute atomic E-state index is 8.56. The van der Waals surface area contributed by atoms with Crippen molar-refractivity contribution in [2.75, 3.05) is 5.32 Å². The van der Waals surface area contributed by atoms with Crippen LogP contribution in [0.1, 0.15) is 30.0 Å². The number of carbonyl (C=O) groups is 1. The molecule has 0 radical (unpaired) electrons. The number of para-hydroxylation sites is 1. The van der Waals surface area contributed by atoms with Crippen LogP contribution in [0.2, 0.25) is 0 Å². The fourth-order valence-electron chi connectivity index (χ4n) is 4.17. The monoisotopic (exact) mass is 521 g/mol. The molecule has 0 aliphatic heterocycles. The van der Waals surface area contributed by atoms with E-state index in [1.54, 1.807) is 0 Å². The van der Waals surface area contributed by atoms with Crippen LogP contribution in [0.5, 0.6) is 11.6 Å². The van der Waals surface area contributed by atoms with Crippen LogP contribution in [-0.4, -0.2) is 26.5 Å². The van der Waals surface area contributed by atoms with E-state index in [4.69, 9.17) is 24.3 Å². The zero-order chi connectivity index (χ0) is 27.2. The van der Waals surface area contributed by atoms with Gasteiger partial charge >= 0.3 is 6.16 Å². The lowest BCUT2D eigenvalue weighted by molar-refractivity contribution is 0.137. The molecule has 196 valence electrons. The van der Waals surface area contributed by atoms with Crippen molar-refractivity contribution in [3.8, 4) is 34.1 Å². The number of carboxylic acid groups (broad SMARTS) is 2. The molecule has 8 heteroatoms. The van der Waals surface area contributed by atoms with Gasteiger partial charge in [0.05, 0.1) is 0 Å². The molecule has 1 saturated carbocycles. The van der Waals surface area contributed by atoms with Crippen LogP contribution in [0.3, 0.4) is 0 Å². The van der Waals surface area contributed by atoms with E-state index in [0.717, 1.165) is 28.6 Å². The molecule has 6 rings (SSSR count). The number of benzene rings is 3. The number of rotatable bonds is 7. The summed E-state index contributed by atoms with van der Waals surface area (Å²) in [5, 5.41) is 21.5. The molecule has 2 aromatic heterocycles. The second-order valence-corrected chi connectivity index (χ2v) is 9.13. The summed E-state index contributed by atoms with van der Waals surface area (Å²) in [7, 11) is 0. The quantitative estimate of drug-likeness (QED) is 0.196. The number of ether oxygens (including phenoxy) is 1. The van der Waals surface area contributed by atoms with E-state index in [1.165, 1.54) is 29.5 Å². The Morgan fingerprint density at radius 2 is 1.46 bits per heavy atom. The van der Waals surface area contributed by atoms with Gasteiger partial charge in [-0.15, -0.1) is 0 Å². The topological polar surface area (TPSA) is 118 Å². The largest absolute Gasteiger partial charge is 0.503 e. The number of pyridine rings is 1. The van der Waals surface area contributed by atoms with E-state index < -0.39 is 6.16 Å². The summed E-state index contributed by atoms with van der Waals surface area (Å²) in [6, 6.07) is 32.5. The van der Waals surface area contributed by atoms with Crippen molar-refractivity contribution >= 4 is 17.7 Å². The highest BCUT2D eigenvalue weighted by molar-refractivity contribution is 5.79. The van der Waals surface area contributed by atoms with Crippen molar-refractivity contribution in [3.05, 3.63) is 108 Å². The third-order valence-corrected chi connectivity index (χ3v) is 6.24. The van der Waals surface area contributed by atoms with Crippen LogP contribution in [0.25, 0.3) is 22.5 Å². The molecule has 0 bridgehead atoms. The Morgan fingerprint density at radius 3 is 2.10 bits per heavy atom. The highest BCUT2D eigenvalue weighted by Crippen LogP contribution is 2.40. The molecule has 3 aromatic carbocycles. The van der Waals surface area contributed by atoms with E-state index in [1.807, 2.05) is 55.5 Å². The van der Waals surface area contributed by atoms with Crippen LogP contribution in [-0.2, 0) is 0 Å². The Morgan fingerprint density at radius 1 is 0.846 bits per heavy atom. The summed E-state index contributed by atoms with van der Waals surface area (Å²) in [4.78, 5) is 13.1. The van der Waals surface area contributed by atoms with Crippen LogP contribution in [0.15, 0.2) is 102 Å². The second kappa shape index (κ2) is 11.5. The zero-order valence-electron chi connectivity index (χ0n) is 21.2. The first-order valence-electron chi connectivity index (χ1n) is 12.5. The Hall–Kier alpha value is -5.11. The van der Waals surface area contributed by atoms with Gasteiger partial charge in [-0.3, -0.25) is 0 Å². The van der Waals surface area contributed by atoms with Crippen molar-refractivity contribution in [2.45, 2.75) is 25.7 Å². The molecule has 2 heterocycles. The van der Waals surface area contributed by atoms with E-state index >= 15 is 0 Å². The summed E-state index contributed by atoms with van der Waals surface area (Å²) in [5.74, 6) is 3.34. The predicted molar refractivity (Wildman–Crippen MR) is 149 cm³/mol. The minimum atomic E-state index is -1.83. The lowest BCUT2D eigenvalue weighted by Crippen LogP contribution is -1.97. The van der Waals surface area contributed by atoms with Crippen molar-refractivity contribution in [1.82, 2.24) is 10.1 Å². The molecule has 0 amide bonds. The molecule has 1 fully saturated rings. The molecule has 3 N–H and O–H groups in total. The number of aryl methyl sites for hydroxylation is 1. The average Bonchev–Trinajstić information content (AvgIpc) is 3.73. The zero-order valence-corrected chi connectivity index (χ0v) is 21.2. The van der Waals surface area contributed by atoms with E-state index in [0.29, 0.717) is 17.5 Å². The first-order valence-corrected chi connectivity index (χ1v) is 12.5. The van der Waals surface area contributed by atoms with Gasteiger partial charge in [-0.2, -0.15) is 4.98 Å². The number of aromatic nitrogens is 2. The third-order valence-electron chi connectivity index (χ3n) is 6.24. The van der Waals surface area contributed by atoms with E-state index in [-0.39, 0.29) is 0 Å². The number of nitrogens with one attached hydrogen (secondary N) is 1. The average molecular weight is 522 g/mol. The van der Waals surface area contributed by atoms with Gasteiger partial charge in [0.1, 0.15) is 22.9 Å². The molecule has 8 nitrogen and oxygen atoms in total. The van der Waals surface area contributed by atoms with E-state index in [2.05, 4.69) is 64.0 Å². The molecular formula is C31H27N3O5. The molecule has 39 heavy (non-hydrogen) atoms. The first kappa shape index (κ1) is 25.5. The van der Waals surface area contributed by atoms with Gasteiger partial charge in [-0.1, -0.05) is 78.0 Å². The SMILES string of the molecule is Cc1noc(-c2ccc(-c3ccc(C4CC4)cc3)cc2)c1Nc1cccc(Oc2ccccc2)n1.O=C(O)O. The summed E-state index contributed by atoms with van der Waals surface area (Å²) in [6.07, 6.45) is 0.807.